The van der Waals surface area contributed by atoms with Crippen LogP contribution in [0.3, 0.4) is 0 Å². The molecule has 0 spiro atoms. The van der Waals surface area contributed by atoms with Crippen LogP contribution in [0, 0.1) is 5.92 Å². The van der Waals surface area contributed by atoms with Gasteiger partial charge in [0.2, 0.25) is 0 Å². The van der Waals surface area contributed by atoms with Crippen molar-refractivity contribution < 1.29 is 9.53 Å². The van der Waals surface area contributed by atoms with E-state index in [0.29, 0.717) is 5.92 Å². The lowest BCUT2D eigenvalue weighted by Gasteiger charge is -2.38. The van der Waals surface area contributed by atoms with Gasteiger partial charge in [-0.15, -0.1) is 6.58 Å². The highest BCUT2D eigenvalue weighted by Gasteiger charge is 2.42. The summed E-state index contributed by atoms with van der Waals surface area (Å²) in [6, 6.07) is 0. The molecule has 3 atom stereocenters. The van der Waals surface area contributed by atoms with Gasteiger partial charge in [0.1, 0.15) is 0 Å². The molecule has 100 valence electrons. The Morgan fingerprint density at radius 3 is 2.41 bits per heavy atom. The molecular formula is C14H28O2Si. The molecule has 1 saturated carbocycles. The molecule has 1 aliphatic rings. The lowest BCUT2D eigenvalue weighted by atomic mass is 10.0. The maximum Gasteiger partial charge on any atom is 0.192 e. The molecule has 1 rings (SSSR count). The van der Waals surface area contributed by atoms with Gasteiger partial charge >= 0.3 is 0 Å². The number of rotatable bonds is 4. The molecule has 0 radical (unpaired) electrons. The number of aliphatic hydroxyl groups is 1. The zero-order valence-corrected chi connectivity index (χ0v) is 13.0. The average molecular weight is 256 g/mol. The van der Waals surface area contributed by atoms with Crippen LogP contribution in [-0.2, 0) is 4.43 Å². The van der Waals surface area contributed by atoms with Gasteiger partial charge < -0.3 is 9.53 Å². The highest BCUT2D eigenvalue weighted by Crippen LogP contribution is 2.40. The summed E-state index contributed by atoms with van der Waals surface area (Å²) in [6.45, 7) is 15.1. The number of hydrogen-bond acceptors (Lipinski definition) is 2. The Bertz CT molecular complexity index is 268. The minimum atomic E-state index is -1.69. The normalized spacial score (nSPS) is 30.6. The molecule has 0 amide bonds. The molecule has 0 unspecified atom stereocenters. The first kappa shape index (κ1) is 14.9. The van der Waals surface area contributed by atoms with Gasteiger partial charge in [-0.3, -0.25) is 0 Å². The van der Waals surface area contributed by atoms with Crippen molar-refractivity contribution in [1.82, 2.24) is 0 Å². The van der Waals surface area contributed by atoms with E-state index in [1.807, 2.05) is 6.08 Å². The van der Waals surface area contributed by atoms with Crippen molar-refractivity contribution >= 4 is 8.32 Å². The molecule has 3 heteroatoms. The summed E-state index contributed by atoms with van der Waals surface area (Å²) < 4.78 is 6.35. The Labute approximate surface area is 107 Å². The Balaban J connectivity index is 2.58. The summed E-state index contributed by atoms with van der Waals surface area (Å²) in [7, 11) is -1.69. The SMILES string of the molecule is C=CC[C@@H]1C[C@@H](O[Si](C)(C)C(C)(C)C)C[C@H]1O. The van der Waals surface area contributed by atoms with Crippen molar-refractivity contribution in [3.8, 4) is 0 Å². The molecule has 1 fully saturated rings. The van der Waals surface area contributed by atoms with E-state index in [-0.39, 0.29) is 17.2 Å². The highest BCUT2D eigenvalue weighted by atomic mass is 28.4. The van der Waals surface area contributed by atoms with Crippen LogP contribution in [0.5, 0.6) is 0 Å². The fourth-order valence-corrected chi connectivity index (χ4v) is 3.59. The van der Waals surface area contributed by atoms with Crippen molar-refractivity contribution in [2.24, 2.45) is 5.92 Å². The van der Waals surface area contributed by atoms with Gasteiger partial charge in [-0.1, -0.05) is 26.8 Å². The third-order valence-corrected chi connectivity index (χ3v) is 8.89. The first-order valence-electron chi connectivity index (χ1n) is 6.64. The monoisotopic (exact) mass is 256 g/mol. The van der Waals surface area contributed by atoms with Crippen molar-refractivity contribution in [1.29, 1.82) is 0 Å². The topological polar surface area (TPSA) is 29.5 Å². The third-order valence-electron chi connectivity index (χ3n) is 4.35. The van der Waals surface area contributed by atoms with E-state index >= 15 is 0 Å². The van der Waals surface area contributed by atoms with Crippen LogP contribution in [0.2, 0.25) is 18.1 Å². The second-order valence-electron chi connectivity index (χ2n) is 6.82. The Kier molecular flexibility index (Phi) is 4.61. The predicted octanol–water partition coefficient (Wildman–Crippen LogP) is 3.72. The van der Waals surface area contributed by atoms with E-state index in [4.69, 9.17) is 4.43 Å². The van der Waals surface area contributed by atoms with Crippen LogP contribution in [-0.4, -0.2) is 25.6 Å². The van der Waals surface area contributed by atoms with Crippen LogP contribution in [0.15, 0.2) is 12.7 Å². The zero-order valence-electron chi connectivity index (χ0n) is 12.0. The quantitative estimate of drug-likeness (QED) is 0.613. The number of aliphatic hydroxyl groups excluding tert-OH is 1. The summed E-state index contributed by atoms with van der Waals surface area (Å²) in [5, 5.41) is 10.2. The van der Waals surface area contributed by atoms with Crippen molar-refractivity contribution in [3.63, 3.8) is 0 Å². The Morgan fingerprint density at radius 1 is 1.35 bits per heavy atom. The van der Waals surface area contributed by atoms with Crippen molar-refractivity contribution in [2.75, 3.05) is 0 Å². The van der Waals surface area contributed by atoms with E-state index < -0.39 is 8.32 Å². The van der Waals surface area contributed by atoms with Gasteiger partial charge in [-0.05, 0) is 43.3 Å². The second kappa shape index (κ2) is 5.25. The summed E-state index contributed by atoms with van der Waals surface area (Å²) in [5.74, 6) is 0.349. The fraction of sp³-hybridized carbons (Fsp3) is 0.857. The number of allylic oxidation sites excluding steroid dienone is 1. The second-order valence-corrected chi connectivity index (χ2v) is 11.6. The predicted molar refractivity (Wildman–Crippen MR) is 75.6 cm³/mol. The Hall–Kier alpha value is -0.123. The average Bonchev–Trinajstić information content (AvgIpc) is 2.44. The summed E-state index contributed by atoms with van der Waals surface area (Å²) >= 11 is 0. The highest BCUT2D eigenvalue weighted by molar-refractivity contribution is 6.74. The molecule has 1 N–H and O–H groups in total. The summed E-state index contributed by atoms with van der Waals surface area (Å²) in [5.41, 5.74) is 0. The maximum absolute atomic E-state index is 9.98. The van der Waals surface area contributed by atoms with Crippen molar-refractivity contribution in [2.45, 2.75) is 70.4 Å². The van der Waals surface area contributed by atoms with Gasteiger partial charge in [0, 0.05) is 6.10 Å². The molecule has 0 aromatic rings. The molecular weight excluding hydrogens is 228 g/mol. The van der Waals surface area contributed by atoms with Crippen molar-refractivity contribution in [3.05, 3.63) is 12.7 Å². The summed E-state index contributed by atoms with van der Waals surface area (Å²) in [4.78, 5) is 0. The lowest BCUT2D eigenvalue weighted by molar-refractivity contribution is 0.122. The van der Waals surface area contributed by atoms with Gasteiger partial charge in [0.15, 0.2) is 8.32 Å². The lowest BCUT2D eigenvalue weighted by Crippen LogP contribution is -2.43. The van der Waals surface area contributed by atoms with Crippen LogP contribution in [0.25, 0.3) is 0 Å². The first-order chi connectivity index (χ1) is 7.67. The molecule has 0 heterocycles. The minimum Gasteiger partial charge on any atom is -0.414 e. The maximum atomic E-state index is 9.98. The molecule has 0 saturated heterocycles. The van der Waals surface area contributed by atoms with Crippen LogP contribution in [0.4, 0.5) is 0 Å². The van der Waals surface area contributed by atoms with E-state index in [0.717, 1.165) is 19.3 Å². The van der Waals surface area contributed by atoms with E-state index in [2.05, 4.69) is 40.4 Å². The van der Waals surface area contributed by atoms with Gasteiger partial charge in [0.05, 0.1) is 6.10 Å². The van der Waals surface area contributed by atoms with Crippen LogP contribution < -0.4 is 0 Å². The molecule has 1 aliphatic carbocycles. The molecule has 0 bridgehead atoms. The molecule has 0 aliphatic heterocycles. The minimum absolute atomic E-state index is 0.206. The molecule has 0 aromatic heterocycles. The largest absolute Gasteiger partial charge is 0.414 e. The molecule has 0 aromatic carbocycles. The molecule has 2 nitrogen and oxygen atoms in total. The van der Waals surface area contributed by atoms with Crippen LogP contribution >= 0.6 is 0 Å². The standard InChI is InChI=1S/C14H28O2Si/c1-7-8-11-9-12(10-13(11)15)16-17(5,6)14(2,3)4/h7,11-13,15H,1,8-10H2,2-6H3/t11-,12-,13-/m1/s1. The zero-order chi connectivity index (χ0) is 13.3. The summed E-state index contributed by atoms with van der Waals surface area (Å²) in [6.07, 6.45) is 4.63. The van der Waals surface area contributed by atoms with Gasteiger partial charge in [-0.25, -0.2) is 0 Å². The van der Waals surface area contributed by atoms with Gasteiger partial charge in [-0.2, -0.15) is 0 Å². The van der Waals surface area contributed by atoms with E-state index in [9.17, 15) is 5.11 Å². The van der Waals surface area contributed by atoms with Crippen LogP contribution in [0.1, 0.15) is 40.0 Å². The van der Waals surface area contributed by atoms with Gasteiger partial charge in [0.25, 0.3) is 0 Å². The third kappa shape index (κ3) is 3.67. The van der Waals surface area contributed by atoms with E-state index in [1.54, 1.807) is 0 Å². The fourth-order valence-electron chi connectivity index (χ4n) is 2.21. The van der Waals surface area contributed by atoms with E-state index in [1.165, 1.54) is 0 Å². The smallest absolute Gasteiger partial charge is 0.192 e. The first-order valence-corrected chi connectivity index (χ1v) is 9.55. The number of hydrogen-bond donors (Lipinski definition) is 1. The Morgan fingerprint density at radius 2 is 1.94 bits per heavy atom. The molecule has 17 heavy (non-hydrogen) atoms.